The second-order valence-electron chi connectivity index (χ2n) is 5.53. The Balaban J connectivity index is 1.86. The number of ether oxygens (including phenoxy) is 1. The van der Waals surface area contributed by atoms with Crippen molar-refractivity contribution in [1.29, 1.82) is 0 Å². The fraction of sp³-hybridized carbons (Fsp3) is 0.353. The molecule has 21 heavy (non-hydrogen) atoms. The Kier molecular flexibility index (Phi) is 3.45. The van der Waals surface area contributed by atoms with E-state index in [1.165, 1.54) is 18.4 Å². The third-order valence-electron chi connectivity index (χ3n) is 4.01. The first-order valence-corrected chi connectivity index (χ1v) is 7.12. The van der Waals surface area contributed by atoms with Crippen LogP contribution < -0.4 is 4.90 Å². The number of hydrogen-bond donors (Lipinski definition) is 0. The lowest BCUT2D eigenvalue weighted by Crippen LogP contribution is -2.28. The van der Waals surface area contributed by atoms with Crippen molar-refractivity contribution >= 4 is 11.7 Å². The molecule has 1 aliphatic heterocycles. The molecule has 1 atom stereocenters. The zero-order valence-corrected chi connectivity index (χ0v) is 12.6. The summed E-state index contributed by atoms with van der Waals surface area (Å²) in [6.07, 6.45) is 1.04. The Hall–Kier alpha value is -2.23. The number of furan rings is 1. The number of fused-ring (bicyclic) bond motifs is 1. The van der Waals surface area contributed by atoms with E-state index in [1.807, 2.05) is 13.0 Å². The molecule has 0 amide bonds. The maximum absolute atomic E-state index is 11.6. The fourth-order valence-electron chi connectivity index (χ4n) is 2.96. The third kappa shape index (κ3) is 2.42. The van der Waals surface area contributed by atoms with Crippen LogP contribution >= 0.6 is 0 Å². The average Bonchev–Trinajstić information content (AvgIpc) is 2.99. The van der Waals surface area contributed by atoms with Crippen LogP contribution in [0, 0.1) is 6.92 Å². The van der Waals surface area contributed by atoms with Crippen LogP contribution in [0.2, 0.25) is 0 Å². The Bertz CT molecular complexity index is 674. The number of carbonyl (C=O) groups excluding carboxylic acids is 1. The average molecular weight is 285 g/mol. The van der Waals surface area contributed by atoms with Crippen molar-refractivity contribution in [2.24, 2.45) is 0 Å². The van der Waals surface area contributed by atoms with Gasteiger partial charge in [0.25, 0.3) is 0 Å². The number of esters is 1. The van der Waals surface area contributed by atoms with E-state index in [4.69, 9.17) is 9.15 Å². The lowest BCUT2D eigenvalue weighted by atomic mass is 10.1. The zero-order valence-electron chi connectivity index (χ0n) is 12.6. The van der Waals surface area contributed by atoms with Gasteiger partial charge in [0.1, 0.15) is 5.76 Å². The van der Waals surface area contributed by atoms with E-state index < -0.39 is 5.97 Å². The Labute approximate surface area is 124 Å². The lowest BCUT2D eigenvalue weighted by molar-refractivity contribution is 0.0562. The molecule has 0 N–H and O–H groups in total. The first-order valence-electron chi connectivity index (χ1n) is 7.12. The predicted octanol–water partition coefficient (Wildman–Crippen LogP) is 3.33. The molecule has 0 radical (unpaired) electrons. The maximum atomic E-state index is 11.6. The number of para-hydroxylation sites is 1. The highest BCUT2D eigenvalue weighted by Crippen LogP contribution is 2.33. The van der Waals surface area contributed by atoms with Crippen LogP contribution in [0.25, 0.3) is 0 Å². The number of rotatable bonds is 3. The van der Waals surface area contributed by atoms with Gasteiger partial charge in [-0.05, 0) is 38.0 Å². The normalized spacial score (nSPS) is 16.9. The van der Waals surface area contributed by atoms with Gasteiger partial charge in [0.15, 0.2) is 0 Å². The summed E-state index contributed by atoms with van der Waals surface area (Å²) < 4.78 is 10.4. The molecular weight excluding hydrogens is 266 g/mol. The summed E-state index contributed by atoms with van der Waals surface area (Å²) in [7, 11) is 1.36. The third-order valence-corrected chi connectivity index (χ3v) is 4.01. The monoisotopic (exact) mass is 285 g/mol. The van der Waals surface area contributed by atoms with Crippen LogP contribution in [0.3, 0.4) is 0 Å². The molecule has 4 heteroatoms. The Morgan fingerprint density at radius 3 is 2.95 bits per heavy atom. The van der Waals surface area contributed by atoms with Crippen molar-refractivity contribution in [2.75, 3.05) is 12.0 Å². The largest absolute Gasteiger partial charge is 0.463 e. The van der Waals surface area contributed by atoms with Gasteiger partial charge in [-0.3, -0.25) is 0 Å². The second kappa shape index (κ2) is 5.28. The standard InChI is InChI=1S/C17H19NO3/c1-11-8-14(21-16(11)17(19)20-3)10-18-12(2)9-13-6-4-5-7-15(13)18/h4-8,12H,9-10H2,1-3H3. The molecule has 0 saturated carbocycles. The van der Waals surface area contributed by atoms with Gasteiger partial charge in [-0.15, -0.1) is 0 Å². The first kappa shape index (κ1) is 13.7. The summed E-state index contributed by atoms with van der Waals surface area (Å²) in [4.78, 5) is 13.9. The molecule has 1 aliphatic rings. The number of hydrogen-bond acceptors (Lipinski definition) is 4. The van der Waals surface area contributed by atoms with Crippen LogP contribution in [0.1, 0.15) is 34.4 Å². The minimum Gasteiger partial charge on any atom is -0.463 e. The van der Waals surface area contributed by atoms with Gasteiger partial charge in [0, 0.05) is 17.3 Å². The molecule has 1 aromatic carbocycles. The van der Waals surface area contributed by atoms with Crippen LogP contribution in [-0.4, -0.2) is 19.1 Å². The predicted molar refractivity (Wildman–Crippen MR) is 80.6 cm³/mol. The molecule has 0 aliphatic carbocycles. The SMILES string of the molecule is COC(=O)c1oc(CN2c3ccccc3CC2C)cc1C. The quantitative estimate of drug-likeness (QED) is 0.811. The molecule has 1 aromatic heterocycles. The smallest absolute Gasteiger partial charge is 0.374 e. The Morgan fingerprint density at radius 1 is 1.43 bits per heavy atom. The van der Waals surface area contributed by atoms with Crippen LogP contribution in [-0.2, 0) is 17.7 Å². The lowest BCUT2D eigenvalue weighted by Gasteiger charge is -2.23. The molecular formula is C17H19NO3. The van der Waals surface area contributed by atoms with E-state index in [0.717, 1.165) is 17.7 Å². The van der Waals surface area contributed by atoms with E-state index in [9.17, 15) is 4.79 Å². The van der Waals surface area contributed by atoms with Gasteiger partial charge in [-0.25, -0.2) is 4.79 Å². The van der Waals surface area contributed by atoms with Crippen molar-refractivity contribution in [3.8, 4) is 0 Å². The Morgan fingerprint density at radius 2 is 2.19 bits per heavy atom. The number of anilines is 1. The molecule has 1 unspecified atom stereocenters. The minimum absolute atomic E-state index is 0.299. The summed E-state index contributed by atoms with van der Waals surface area (Å²) in [5, 5.41) is 0. The number of aryl methyl sites for hydroxylation is 1. The molecule has 0 fully saturated rings. The van der Waals surface area contributed by atoms with Gasteiger partial charge < -0.3 is 14.1 Å². The van der Waals surface area contributed by atoms with E-state index in [-0.39, 0.29) is 0 Å². The maximum Gasteiger partial charge on any atom is 0.374 e. The van der Waals surface area contributed by atoms with E-state index in [1.54, 1.807) is 0 Å². The van der Waals surface area contributed by atoms with E-state index in [0.29, 0.717) is 18.3 Å². The van der Waals surface area contributed by atoms with Crippen LogP contribution in [0.4, 0.5) is 5.69 Å². The van der Waals surface area contributed by atoms with Crippen molar-refractivity contribution < 1.29 is 13.9 Å². The van der Waals surface area contributed by atoms with Crippen molar-refractivity contribution in [3.63, 3.8) is 0 Å². The zero-order chi connectivity index (χ0) is 15.0. The molecule has 0 spiro atoms. The molecule has 2 aromatic rings. The van der Waals surface area contributed by atoms with Crippen LogP contribution in [0.5, 0.6) is 0 Å². The van der Waals surface area contributed by atoms with E-state index >= 15 is 0 Å². The first-order chi connectivity index (χ1) is 10.1. The van der Waals surface area contributed by atoms with Crippen LogP contribution in [0.15, 0.2) is 34.7 Å². The van der Waals surface area contributed by atoms with Crippen molar-refractivity contribution in [1.82, 2.24) is 0 Å². The topological polar surface area (TPSA) is 42.7 Å². The highest BCUT2D eigenvalue weighted by Gasteiger charge is 2.27. The molecule has 2 heterocycles. The van der Waals surface area contributed by atoms with E-state index in [2.05, 4.69) is 36.1 Å². The summed E-state index contributed by atoms with van der Waals surface area (Å²) in [5.41, 5.74) is 3.43. The van der Waals surface area contributed by atoms with Crippen molar-refractivity contribution in [3.05, 3.63) is 53.0 Å². The van der Waals surface area contributed by atoms with Gasteiger partial charge >= 0.3 is 5.97 Å². The fourth-order valence-corrected chi connectivity index (χ4v) is 2.96. The highest BCUT2D eigenvalue weighted by atomic mass is 16.5. The summed E-state index contributed by atoms with van der Waals surface area (Å²) >= 11 is 0. The minimum atomic E-state index is -0.423. The molecule has 0 saturated heterocycles. The summed E-state index contributed by atoms with van der Waals surface area (Å²) in [6, 6.07) is 10.8. The van der Waals surface area contributed by atoms with Gasteiger partial charge in [0.2, 0.25) is 5.76 Å². The summed E-state index contributed by atoms with van der Waals surface area (Å²) in [5.74, 6) is 0.665. The van der Waals surface area contributed by atoms with Crippen molar-refractivity contribution in [2.45, 2.75) is 32.9 Å². The van der Waals surface area contributed by atoms with Gasteiger partial charge in [-0.1, -0.05) is 18.2 Å². The number of methoxy groups -OCH3 is 1. The van der Waals surface area contributed by atoms with Gasteiger partial charge in [-0.2, -0.15) is 0 Å². The highest BCUT2D eigenvalue weighted by molar-refractivity contribution is 5.87. The number of carbonyl (C=O) groups is 1. The number of nitrogens with zero attached hydrogens (tertiary/aromatic N) is 1. The second-order valence-corrected chi connectivity index (χ2v) is 5.53. The van der Waals surface area contributed by atoms with Gasteiger partial charge in [0.05, 0.1) is 13.7 Å². The molecule has 110 valence electrons. The molecule has 0 bridgehead atoms. The summed E-state index contributed by atoms with van der Waals surface area (Å²) in [6.45, 7) is 4.73. The molecule has 3 rings (SSSR count). The number of benzene rings is 1. The molecule has 4 nitrogen and oxygen atoms in total.